The van der Waals surface area contributed by atoms with Crippen molar-refractivity contribution in [3.8, 4) is 11.8 Å². The number of piperazine rings is 1. The summed E-state index contributed by atoms with van der Waals surface area (Å²) in [5, 5.41) is 10.3. The molecule has 5 rings (SSSR count). The average Bonchev–Trinajstić information content (AvgIpc) is 3.25. The van der Waals surface area contributed by atoms with Gasteiger partial charge in [-0.1, -0.05) is 39.0 Å². The van der Waals surface area contributed by atoms with E-state index in [0.717, 1.165) is 95.1 Å². The number of likely N-dealkylation sites (tertiary alicyclic amines) is 1. The van der Waals surface area contributed by atoms with Gasteiger partial charge in [0.15, 0.2) is 0 Å². The SMILES string of the molecule is CN1CCN(CCOc2ccccc2C2CCN(Cc3cc4cnc(C#N)nc4n3CC(C)(C)C)CC2)CC1. The van der Waals surface area contributed by atoms with E-state index < -0.39 is 0 Å². The molecule has 0 bridgehead atoms. The predicted octanol–water partition coefficient (Wildman–Crippen LogP) is 4.35. The summed E-state index contributed by atoms with van der Waals surface area (Å²) in [4.78, 5) is 16.2. The van der Waals surface area contributed by atoms with E-state index in [1.807, 2.05) is 0 Å². The van der Waals surface area contributed by atoms with Crippen LogP contribution in [0.5, 0.6) is 5.75 Å². The number of aromatic nitrogens is 3. The van der Waals surface area contributed by atoms with Gasteiger partial charge in [0.25, 0.3) is 0 Å². The highest BCUT2D eigenvalue weighted by Gasteiger charge is 2.25. The lowest BCUT2D eigenvalue weighted by Gasteiger charge is -2.34. The normalized spacial score (nSPS) is 18.4. The molecule has 3 aromatic rings. The number of ether oxygens (including phenoxy) is 1. The molecule has 0 atom stereocenters. The Morgan fingerprint density at radius 3 is 2.49 bits per heavy atom. The summed E-state index contributed by atoms with van der Waals surface area (Å²) in [6, 6.07) is 13.0. The molecule has 0 radical (unpaired) electrons. The third-order valence-electron chi connectivity index (χ3n) is 8.05. The molecule has 0 saturated carbocycles. The van der Waals surface area contributed by atoms with Crippen molar-refractivity contribution in [2.24, 2.45) is 5.41 Å². The number of piperidine rings is 1. The highest BCUT2D eigenvalue weighted by atomic mass is 16.5. The van der Waals surface area contributed by atoms with Gasteiger partial charge in [-0.3, -0.25) is 9.80 Å². The predicted molar refractivity (Wildman–Crippen MR) is 155 cm³/mol. The molecule has 2 aliphatic rings. The minimum Gasteiger partial charge on any atom is -0.492 e. The van der Waals surface area contributed by atoms with Gasteiger partial charge in [-0.05, 0) is 62.0 Å². The number of rotatable bonds is 8. The molecule has 8 nitrogen and oxygen atoms in total. The molecule has 2 saturated heterocycles. The Bertz CT molecular complexity index is 1290. The first-order valence-electron chi connectivity index (χ1n) is 14.4. The van der Waals surface area contributed by atoms with Crippen LogP contribution >= 0.6 is 0 Å². The molecule has 0 N–H and O–H groups in total. The number of likely N-dealkylation sites (N-methyl/N-ethyl adjacent to an activating group) is 1. The summed E-state index contributed by atoms with van der Waals surface area (Å²) < 4.78 is 8.65. The molecule has 39 heavy (non-hydrogen) atoms. The van der Waals surface area contributed by atoms with E-state index in [-0.39, 0.29) is 11.2 Å². The second-order valence-corrected chi connectivity index (χ2v) is 12.4. The first kappa shape index (κ1) is 27.6. The van der Waals surface area contributed by atoms with Crippen molar-refractivity contribution in [1.82, 2.24) is 29.2 Å². The van der Waals surface area contributed by atoms with Gasteiger partial charge in [-0.15, -0.1) is 0 Å². The Kier molecular flexibility index (Phi) is 8.51. The molecule has 0 spiro atoms. The van der Waals surface area contributed by atoms with E-state index in [2.05, 4.69) is 93.5 Å². The van der Waals surface area contributed by atoms with Gasteiger partial charge in [-0.2, -0.15) is 5.26 Å². The maximum Gasteiger partial charge on any atom is 0.234 e. The van der Waals surface area contributed by atoms with Crippen LogP contribution in [0.3, 0.4) is 0 Å². The molecule has 8 heteroatoms. The van der Waals surface area contributed by atoms with Gasteiger partial charge < -0.3 is 14.2 Å². The zero-order valence-electron chi connectivity index (χ0n) is 24.1. The van der Waals surface area contributed by atoms with Crippen molar-refractivity contribution in [2.75, 3.05) is 59.5 Å². The smallest absolute Gasteiger partial charge is 0.234 e. The molecule has 2 fully saturated rings. The summed E-state index contributed by atoms with van der Waals surface area (Å²) in [5.74, 6) is 1.81. The summed E-state index contributed by atoms with van der Waals surface area (Å²) in [7, 11) is 2.20. The third-order valence-corrected chi connectivity index (χ3v) is 8.05. The Morgan fingerprint density at radius 2 is 1.77 bits per heavy atom. The highest BCUT2D eigenvalue weighted by Crippen LogP contribution is 2.35. The number of fused-ring (bicyclic) bond motifs is 1. The molecule has 4 heterocycles. The van der Waals surface area contributed by atoms with Crippen LogP contribution in [0.25, 0.3) is 11.0 Å². The largest absolute Gasteiger partial charge is 0.492 e. The maximum absolute atomic E-state index is 9.34. The average molecular weight is 530 g/mol. The number of nitrogens with zero attached hydrogens (tertiary/aromatic N) is 7. The van der Waals surface area contributed by atoms with Gasteiger partial charge in [0.1, 0.15) is 24.1 Å². The van der Waals surface area contributed by atoms with Crippen molar-refractivity contribution >= 4 is 11.0 Å². The van der Waals surface area contributed by atoms with E-state index in [0.29, 0.717) is 5.92 Å². The maximum atomic E-state index is 9.34. The number of para-hydroxylation sites is 1. The Labute approximate surface area is 233 Å². The van der Waals surface area contributed by atoms with Crippen molar-refractivity contribution in [3.05, 3.63) is 53.6 Å². The zero-order valence-corrected chi connectivity index (χ0v) is 24.1. The minimum absolute atomic E-state index is 0.0967. The molecule has 1 aromatic carbocycles. The summed E-state index contributed by atoms with van der Waals surface area (Å²) in [5.41, 5.74) is 3.57. The van der Waals surface area contributed by atoms with Crippen molar-refractivity contribution in [3.63, 3.8) is 0 Å². The lowest BCUT2D eigenvalue weighted by Crippen LogP contribution is -2.45. The molecular weight excluding hydrogens is 486 g/mol. The van der Waals surface area contributed by atoms with Gasteiger partial charge in [0, 0.05) is 63.1 Å². The van der Waals surface area contributed by atoms with Gasteiger partial charge in [-0.25, -0.2) is 9.97 Å². The van der Waals surface area contributed by atoms with E-state index in [1.54, 1.807) is 6.20 Å². The van der Waals surface area contributed by atoms with Crippen LogP contribution in [0.15, 0.2) is 36.5 Å². The quantitative estimate of drug-likeness (QED) is 0.429. The van der Waals surface area contributed by atoms with E-state index >= 15 is 0 Å². The third kappa shape index (κ3) is 6.96. The molecule has 2 aromatic heterocycles. The van der Waals surface area contributed by atoms with Gasteiger partial charge in [0.05, 0.1) is 0 Å². The second-order valence-electron chi connectivity index (χ2n) is 12.4. The molecule has 0 aliphatic carbocycles. The number of hydrogen-bond donors (Lipinski definition) is 0. The van der Waals surface area contributed by atoms with Crippen molar-refractivity contribution in [1.29, 1.82) is 5.26 Å². The Balaban J connectivity index is 1.21. The van der Waals surface area contributed by atoms with Crippen molar-refractivity contribution in [2.45, 2.75) is 52.6 Å². The first-order chi connectivity index (χ1) is 18.8. The monoisotopic (exact) mass is 529 g/mol. The lowest BCUT2D eigenvalue weighted by molar-refractivity contribution is 0.133. The molecule has 208 valence electrons. The fourth-order valence-corrected chi connectivity index (χ4v) is 5.87. The summed E-state index contributed by atoms with van der Waals surface area (Å²) in [6.45, 7) is 16.8. The van der Waals surface area contributed by atoms with Gasteiger partial charge >= 0.3 is 0 Å². The van der Waals surface area contributed by atoms with Crippen LogP contribution in [0.2, 0.25) is 0 Å². The fourth-order valence-electron chi connectivity index (χ4n) is 5.87. The van der Waals surface area contributed by atoms with E-state index in [9.17, 15) is 5.26 Å². The van der Waals surface area contributed by atoms with E-state index in [4.69, 9.17) is 4.74 Å². The Hall–Kier alpha value is -2.99. The van der Waals surface area contributed by atoms with Crippen LogP contribution < -0.4 is 4.74 Å². The van der Waals surface area contributed by atoms with Crippen molar-refractivity contribution < 1.29 is 4.74 Å². The first-order valence-corrected chi connectivity index (χ1v) is 14.4. The fraction of sp³-hybridized carbons (Fsp3) is 0.581. The van der Waals surface area contributed by atoms with Crippen LogP contribution in [-0.4, -0.2) is 88.7 Å². The molecular formula is C31H43N7O. The summed E-state index contributed by atoms with van der Waals surface area (Å²) in [6.07, 6.45) is 4.03. The molecule has 0 unspecified atom stereocenters. The summed E-state index contributed by atoms with van der Waals surface area (Å²) >= 11 is 0. The minimum atomic E-state index is 0.0967. The zero-order chi connectivity index (χ0) is 27.4. The highest BCUT2D eigenvalue weighted by molar-refractivity contribution is 5.77. The van der Waals surface area contributed by atoms with Gasteiger partial charge in [0.2, 0.25) is 5.82 Å². The van der Waals surface area contributed by atoms with Crippen LogP contribution in [0.1, 0.15) is 56.6 Å². The molecule has 0 amide bonds. The number of benzene rings is 1. The van der Waals surface area contributed by atoms with Crippen LogP contribution in [0, 0.1) is 16.7 Å². The molecule has 2 aliphatic heterocycles. The second kappa shape index (κ2) is 12.0. The topological polar surface area (TPSA) is 73.5 Å². The number of nitriles is 1. The standard InChI is InChI=1S/C31H43N7O/c1-31(2,3)23-38-26(19-25-21-33-29(20-32)34-30(25)38)22-37-11-9-24(10-12-37)27-7-5-6-8-28(27)39-18-17-36-15-13-35(4)14-16-36/h5-8,19,21,24H,9-18,22-23H2,1-4H3. The van der Waals surface area contributed by atoms with Crippen LogP contribution in [-0.2, 0) is 13.1 Å². The lowest BCUT2D eigenvalue weighted by atomic mass is 9.88. The van der Waals surface area contributed by atoms with Crippen LogP contribution in [0.4, 0.5) is 0 Å². The van der Waals surface area contributed by atoms with E-state index in [1.165, 1.54) is 11.3 Å². The Morgan fingerprint density at radius 1 is 1.03 bits per heavy atom. The number of hydrogen-bond acceptors (Lipinski definition) is 7.